The van der Waals surface area contributed by atoms with E-state index in [1.165, 1.54) is 48.9 Å². The summed E-state index contributed by atoms with van der Waals surface area (Å²) in [6.45, 7) is 5.47. The Balaban J connectivity index is 1.80. The Kier molecular flexibility index (Phi) is 3.87. The van der Waals surface area contributed by atoms with Gasteiger partial charge in [0.15, 0.2) is 0 Å². The number of nitrogens with one attached hydrogen (secondary N) is 1. The van der Waals surface area contributed by atoms with Crippen molar-refractivity contribution in [1.82, 2.24) is 0 Å². The van der Waals surface area contributed by atoms with Gasteiger partial charge in [0.2, 0.25) is 0 Å². The van der Waals surface area contributed by atoms with E-state index < -0.39 is 0 Å². The van der Waals surface area contributed by atoms with E-state index in [0.717, 1.165) is 12.5 Å². The average Bonchev–Trinajstić information content (AvgIpc) is 2.74. The van der Waals surface area contributed by atoms with Crippen molar-refractivity contribution in [3.63, 3.8) is 0 Å². The largest absolute Gasteiger partial charge is 0.385 e. The van der Waals surface area contributed by atoms with Gasteiger partial charge in [-0.25, -0.2) is 0 Å². The summed E-state index contributed by atoms with van der Waals surface area (Å²) in [6.07, 6.45) is 7.15. The van der Waals surface area contributed by atoms with E-state index in [1.54, 1.807) is 0 Å². The molecule has 1 nitrogen and oxygen atoms in total. The maximum atomic E-state index is 3.57. The second-order valence-electron chi connectivity index (χ2n) is 5.18. The second-order valence-corrected chi connectivity index (χ2v) is 5.18. The minimum absolute atomic E-state index is 0.984. The first kappa shape index (κ1) is 11.5. The lowest BCUT2D eigenvalue weighted by molar-refractivity contribution is 0.518. The molecule has 0 aliphatic heterocycles. The molecule has 0 unspecified atom stereocenters. The molecule has 1 N–H and O–H groups in total. The van der Waals surface area contributed by atoms with Crippen molar-refractivity contribution in [1.29, 1.82) is 0 Å². The normalized spacial score (nSPS) is 16.6. The standard InChI is InChI=1S/C15H23N/c1-12-7-8-15(13(2)11-12)16-10-9-14-5-3-4-6-14/h7-8,11,14,16H,3-6,9-10H2,1-2H3. The lowest BCUT2D eigenvalue weighted by atomic mass is 10.0. The Morgan fingerprint density at radius 3 is 2.62 bits per heavy atom. The number of aryl methyl sites for hydroxylation is 2. The molecule has 0 heterocycles. The zero-order valence-electron chi connectivity index (χ0n) is 10.6. The van der Waals surface area contributed by atoms with Gasteiger partial charge in [-0.3, -0.25) is 0 Å². The Labute approximate surface area is 99.3 Å². The number of benzene rings is 1. The van der Waals surface area contributed by atoms with Crippen LogP contribution in [0.15, 0.2) is 18.2 Å². The van der Waals surface area contributed by atoms with Crippen molar-refractivity contribution in [3.05, 3.63) is 29.3 Å². The highest BCUT2D eigenvalue weighted by molar-refractivity contribution is 5.51. The van der Waals surface area contributed by atoms with Crippen molar-refractivity contribution in [2.24, 2.45) is 5.92 Å². The summed E-state index contributed by atoms with van der Waals surface area (Å²) in [5, 5.41) is 3.57. The highest BCUT2D eigenvalue weighted by atomic mass is 14.9. The topological polar surface area (TPSA) is 12.0 Å². The van der Waals surface area contributed by atoms with E-state index in [9.17, 15) is 0 Å². The van der Waals surface area contributed by atoms with Crippen LogP contribution in [-0.2, 0) is 0 Å². The summed E-state index contributed by atoms with van der Waals surface area (Å²) < 4.78 is 0. The zero-order chi connectivity index (χ0) is 11.4. The average molecular weight is 217 g/mol. The molecule has 16 heavy (non-hydrogen) atoms. The first-order chi connectivity index (χ1) is 7.75. The van der Waals surface area contributed by atoms with Crippen molar-refractivity contribution in [2.75, 3.05) is 11.9 Å². The molecule has 1 aliphatic rings. The minimum atomic E-state index is 0.984. The molecular weight excluding hydrogens is 194 g/mol. The van der Waals surface area contributed by atoms with Gasteiger partial charge in [-0.15, -0.1) is 0 Å². The van der Waals surface area contributed by atoms with Gasteiger partial charge < -0.3 is 5.32 Å². The maximum Gasteiger partial charge on any atom is 0.0370 e. The number of hydrogen-bond donors (Lipinski definition) is 1. The van der Waals surface area contributed by atoms with Gasteiger partial charge in [0, 0.05) is 12.2 Å². The van der Waals surface area contributed by atoms with Gasteiger partial charge in [-0.2, -0.15) is 0 Å². The summed E-state index contributed by atoms with van der Waals surface area (Å²) >= 11 is 0. The lowest BCUT2D eigenvalue weighted by Crippen LogP contribution is -2.07. The zero-order valence-corrected chi connectivity index (χ0v) is 10.6. The molecule has 1 saturated carbocycles. The molecule has 0 amide bonds. The van der Waals surface area contributed by atoms with Crippen molar-refractivity contribution in [2.45, 2.75) is 46.0 Å². The summed E-state index contributed by atoms with van der Waals surface area (Å²) in [7, 11) is 0. The highest BCUT2D eigenvalue weighted by Crippen LogP contribution is 2.27. The summed E-state index contributed by atoms with van der Waals surface area (Å²) in [4.78, 5) is 0. The molecule has 0 radical (unpaired) electrons. The minimum Gasteiger partial charge on any atom is -0.385 e. The van der Waals surface area contributed by atoms with Gasteiger partial charge in [0.1, 0.15) is 0 Å². The van der Waals surface area contributed by atoms with E-state index in [2.05, 4.69) is 37.4 Å². The molecule has 1 aromatic rings. The van der Waals surface area contributed by atoms with E-state index in [4.69, 9.17) is 0 Å². The molecule has 88 valence electrons. The number of rotatable bonds is 4. The molecule has 0 atom stereocenters. The monoisotopic (exact) mass is 217 g/mol. The molecular formula is C15H23N. The molecule has 1 fully saturated rings. The number of anilines is 1. The van der Waals surface area contributed by atoms with Crippen LogP contribution in [0, 0.1) is 19.8 Å². The third-order valence-corrected chi connectivity index (χ3v) is 3.72. The number of hydrogen-bond acceptors (Lipinski definition) is 1. The Morgan fingerprint density at radius 1 is 1.19 bits per heavy atom. The van der Waals surface area contributed by atoms with Gasteiger partial charge in [-0.05, 0) is 37.8 Å². The van der Waals surface area contributed by atoms with Crippen LogP contribution >= 0.6 is 0 Å². The Bertz CT molecular complexity index is 337. The molecule has 0 aromatic heterocycles. The predicted molar refractivity (Wildman–Crippen MR) is 71.0 cm³/mol. The first-order valence-electron chi connectivity index (χ1n) is 6.57. The van der Waals surface area contributed by atoms with Crippen molar-refractivity contribution in [3.8, 4) is 0 Å². The maximum absolute atomic E-state index is 3.57. The third kappa shape index (κ3) is 3.01. The highest BCUT2D eigenvalue weighted by Gasteiger charge is 2.14. The summed E-state index contributed by atoms with van der Waals surface area (Å²) in [6, 6.07) is 6.64. The van der Waals surface area contributed by atoms with Crippen LogP contribution in [-0.4, -0.2) is 6.54 Å². The van der Waals surface area contributed by atoms with Crippen molar-refractivity contribution >= 4 is 5.69 Å². The van der Waals surface area contributed by atoms with E-state index in [0.29, 0.717) is 0 Å². The van der Waals surface area contributed by atoms with Gasteiger partial charge in [0.05, 0.1) is 0 Å². The van der Waals surface area contributed by atoms with Crippen molar-refractivity contribution < 1.29 is 0 Å². The predicted octanol–water partition coefficient (Wildman–Crippen LogP) is 4.30. The molecule has 1 heteroatoms. The fourth-order valence-electron chi connectivity index (χ4n) is 2.72. The third-order valence-electron chi connectivity index (χ3n) is 3.72. The summed E-state index contributed by atoms with van der Waals surface area (Å²) in [5.41, 5.74) is 4.02. The van der Waals surface area contributed by atoms with E-state index in [-0.39, 0.29) is 0 Å². The smallest absolute Gasteiger partial charge is 0.0370 e. The molecule has 0 bridgehead atoms. The van der Waals surface area contributed by atoms with E-state index in [1.807, 2.05) is 0 Å². The van der Waals surface area contributed by atoms with Crippen LogP contribution < -0.4 is 5.32 Å². The van der Waals surface area contributed by atoms with Gasteiger partial charge in [-0.1, -0.05) is 43.4 Å². The second kappa shape index (κ2) is 5.38. The van der Waals surface area contributed by atoms with E-state index >= 15 is 0 Å². The van der Waals surface area contributed by atoms with Crippen LogP contribution in [0.3, 0.4) is 0 Å². The quantitative estimate of drug-likeness (QED) is 0.793. The fourth-order valence-corrected chi connectivity index (χ4v) is 2.72. The molecule has 1 aromatic carbocycles. The van der Waals surface area contributed by atoms with Crippen LogP contribution in [0.4, 0.5) is 5.69 Å². The lowest BCUT2D eigenvalue weighted by Gasteiger charge is -2.13. The van der Waals surface area contributed by atoms with Crippen LogP contribution in [0.1, 0.15) is 43.2 Å². The fraction of sp³-hybridized carbons (Fsp3) is 0.600. The van der Waals surface area contributed by atoms with Crippen LogP contribution in [0.5, 0.6) is 0 Å². The first-order valence-corrected chi connectivity index (χ1v) is 6.57. The molecule has 0 saturated heterocycles. The molecule has 1 aliphatic carbocycles. The Morgan fingerprint density at radius 2 is 1.94 bits per heavy atom. The van der Waals surface area contributed by atoms with Crippen LogP contribution in [0.2, 0.25) is 0 Å². The summed E-state index contributed by atoms with van der Waals surface area (Å²) in [5.74, 6) is 0.984. The van der Waals surface area contributed by atoms with Crippen LogP contribution in [0.25, 0.3) is 0 Å². The Hall–Kier alpha value is -0.980. The van der Waals surface area contributed by atoms with Gasteiger partial charge >= 0.3 is 0 Å². The SMILES string of the molecule is Cc1ccc(NCCC2CCCC2)c(C)c1. The van der Waals surface area contributed by atoms with Gasteiger partial charge in [0.25, 0.3) is 0 Å². The molecule has 0 spiro atoms. The molecule has 2 rings (SSSR count).